The number of hydrogen-bond acceptors (Lipinski definition) is 5. The molecule has 1 amide bonds. The van der Waals surface area contributed by atoms with E-state index >= 15 is 0 Å². The summed E-state index contributed by atoms with van der Waals surface area (Å²) >= 11 is 6.03. The van der Waals surface area contributed by atoms with Crippen molar-refractivity contribution in [3.63, 3.8) is 0 Å². The second-order valence-electron chi connectivity index (χ2n) is 8.53. The number of nitrogens with zero attached hydrogens (tertiary/aromatic N) is 2. The molecule has 0 N–H and O–H groups in total. The molecule has 1 saturated heterocycles. The van der Waals surface area contributed by atoms with E-state index in [-0.39, 0.29) is 37.4 Å². The third-order valence-electron chi connectivity index (χ3n) is 5.97. The minimum Gasteiger partial charge on any atom is -0.466 e. The van der Waals surface area contributed by atoms with Crippen LogP contribution in [0.3, 0.4) is 0 Å². The van der Waals surface area contributed by atoms with Gasteiger partial charge in [0.05, 0.1) is 31.3 Å². The highest BCUT2D eigenvalue weighted by Gasteiger charge is 2.30. The molecular weight excluding hydrogens is 497 g/mol. The van der Waals surface area contributed by atoms with Crippen molar-refractivity contribution in [3.05, 3.63) is 70.2 Å². The van der Waals surface area contributed by atoms with Gasteiger partial charge in [-0.15, -0.1) is 0 Å². The number of piperazine rings is 1. The van der Waals surface area contributed by atoms with Gasteiger partial charge in [-0.2, -0.15) is 13.2 Å². The molecule has 2 aromatic rings. The minimum atomic E-state index is -4.38. The molecule has 0 saturated carbocycles. The zero-order valence-corrected chi connectivity index (χ0v) is 20.9. The molecular formula is C26H30ClF3N2O4. The van der Waals surface area contributed by atoms with E-state index in [0.29, 0.717) is 49.9 Å². The van der Waals surface area contributed by atoms with E-state index in [1.165, 1.54) is 12.1 Å². The number of esters is 1. The number of ether oxygens (including phenoxy) is 2. The fraction of sp³-hybridized carbons (Fsp3) is 0.462. The Bertz CT molecular complexity index is 992. The van der Waals surface area contributed by atoms with Crippen LogP contribution in [0.2, 0.25) is 5.02 Å². The van der Waals surface area contributed by atoms with Crippen molar-refractivity contribution >= 4 is 23.5 Å². The lowest BCUT2D eigenvalue weighted by Gasteiger charge is -2.36. The van der Waals surface area contributed by atoms with E-state index in [9.17, 15) is 22.8 Å². The van der Waals surface area contributed by atoms with Crippen molar-refractivity contribution < 1.29 is 32.2 Å². The Morgan fingerprint density at radius 1 is 0.972 bits per heavy atom. The zero-order chi connectivity index (χ0) is 26.1. The molecule has 0 aliphatic carbocycles. The Morgan fingerprint density at radius 2 is 1.61 bits per heavy atom. The average molecular weight is 527 g/mol. The number of benzene rings is 2. The fourth-order valence-electron chi connectivity index (χ4n) is 3.93. The van der Waals surface area contributed by atoms with Gasteiger partial charge in [-0.25, -0.2) is 0 Å². The second kappa shape index (κ2) is 13.1. The molecule has 10 heteroatoms. The van der Waals surface area contributed by atoms with Gasteiger partial charge in [0.2, 0.25) is 5.91 Å². The van der Waals surface area contributed by atoms with E-state index in [1.807, 2.05) is 12.1 Å². The van der Waals surface area contributed by atoms with E-state index in [4.69, 9.17) is 21.1 Å². The number of amides is 1. The summed E-state index contributed by atoms with van der Waals surface area (Å²) in [4.78, 5) is 27.9. The van der Waals surface area contributed by atoms with Gasteiger partial charge in [0, 0.05) is 44.2 Å². The number of hydrogen-bond donors (Lipinski definition) is 0. The van der Waals surface area contributed by atoms with Crippen LogP contribution in [0, 0.1) is 0 Å². The summed E-state index contributed by atoms with van der Waals surface area (Å²) in [6, 6.07) is 12.2. The molecule has 1 aliphatic heterocycles. The maximum absolute atomic E-state index is 12.8. The van der Waals surface area contributed by atoms with Crippen LogP contribution in [0.15, 0.2) is 48.5 Å². The van der Waals surface area contributed by atoms with E-state index in [1.54, 1.807) is 24.0 Å². The largest absolute Gasteiger partial charge is 0.466 e. The Kier molecular flexibility index (Phi) is 10.2. The highest BCUT2D eigenvalue weighted by atomic mass is 35.5. The van der Waals surface area contributed by atoms with Gasteiger partial charge in [0.1, 0.15) is 0 Å². The Balaban J connectivity index is 1.56. The van der Waals surface area contributed by atoms with E-state index in [2.05, 4.69) is 4.90 Å². The predicted octanol–water partition coefficient (Wildman–Crippen LogP) is 5.10. The Labute approximate surface area is 213 Å². The molecule has 1 fully saturated rings. The molecule has 36 heavy (non-hydrogen) atoms. The molecule has 0 spiro atoms. The predicted molar refractivity (Wildman–Crippen MR) is 129 cm³/mol. The third kappa shape index (κ3) is 8.50. The molecule has 0 radical (unpaired) electrons. The number of carbonyl (C=O) groups is 2. The molecule has 1 atom stereocenters. The first-order chi connectivity index (χ1) is 17.2. The summed E-state index contributed by atoms with van der Waals surface area (Å²) in [5.74, 6) is -0.448. The van der Waals surface area contributed by atoms with Gasteiger partial charge >= 0.3 is 12.1 Å². The van der Waals surface area contributed by atoms with Gasteiger partial charge in [0.15, 0.2) is 0 Å². The minimum absolute atomic E-state index is 0.0727. The van der Waals surface area contributed by atoms with Crippen molar-refractivity contribution in [2.24, 2.45) is 0 Å². The van der Waals surface area contributed by atoms with Crippen LogP contribution < -0.4 is 0 Å². The first kappa shape index (κ1) is 28.0. The quantitative estimate of drug-likeness (QED) is 0.403. The van der Waals surface area contributed by atoms with Crippen LogP contribution >= 0.6 is 11.6 Å². The molecule has 0 bridgehead atoms. The molecule has 2 aromatic carbocycles. The average Bonchev–Trinajstić information content (AvgIpc) is 2.86. The van der Waals surface area contributed by atoms with Crippen LogP contribution in [0.4, 0.5) is 13.2 Å². The van der Waals surface area contributed by atoms with Crippen LogP contribution in [-0.2, 0) is 31.8 Å². The monoisotopic (exact) mass is 526 g/mol. The molecule has 196 valence electrons. The van der Waals surface area contributed by atoms with Gasteiger partial charge < -0.3 is 14.4 Å². The topological polar surface area (TPSA) is 59.1 Å². The van der Waals surface area contributed by atoms with Gasteiger partial charge in [0.25, 0.3) is 0 Å². The van der Waals surface area contributed by atoms with E-state index in [0.717, 1.165) is 17.7 Å². The number of halogens is 4. The van der Waals surface area contributed by atoms with Crippen LogP contribution in [0.5, 0.6) is 0 Å². The van der Waals surface area contributed by atoms with Crippen molar-refractivity contribution in [2.45, 2.75) is 38.7 Å². The van der Waals surface area contributed by atoms with Crippen LogP contribution in [0.25, 0.3) is 0 Å². The molecule has 6 nitrogen and oxygen atoms in total. The maximum atomic E-state index is 12.8. The van der Waals surface area contributed by atoms with Crippen molar-refractivity contribution in [3.8, 4) is 0 Å². The smallest absolute Gasteiger partial charge is 0.416 e. The summed E-state index contributed by atoms with van der Waals surface area (Å²) in [6.45, 7) is 5.06. The Hall–Kier alpha value is -2.62. The molecule has 3 rings (SSSR count). The lowest BCUT2D eigenvalue weighted by atomic mass is 10.1. The van der Waals surface area contributed by atoms with Crippen LogP contribution in [0.1, 0.15) is 42.6 Å². The van der Waals surface area contributed by atoms with Crippen molar-refractivity contribution in [2.75, 3.05) is 39.3 Å². The number of alkyl halides is 3. The first-order valence-electron chi connectivity index (χ1n) is 11.8. The second-order valence-corrected chi connectivity index (χ2v) is 8.97. The van der Waals surface area contributed by atoms with Gasteiger partial charge in [-0.3, -0.25) is 14.5 Å². The Morgan fingerprint density at radius 3 is 2.19 bits per heavy atom. The number of carbonyl (C=O) groups excluding carboxylic acids is 2. The first-order valence-corrected chi connectivity index (χ1v) is 12.2. The highest BCUT2D eigenvalue weighted by molar-refractivity contribution is 6.30. The van der Waals surface area contributed by atoms with Crippen molar-refractivity contribution in [1.29, 1.82) is 0 Å². The normalized spacial score (nSPS) is 15.5. The summed E-state index contributed by atoms with van der Waals surface area (Å²) in [6.07, 6.45) is -4.52. The molecule has 0 aromatic heterocycles. The van der Waals surface area contributed by atoms with E-state index < -0.39 is 11.7 Å². The molecule has 1 aliphatic rings. The van der Waals surface area contributed by atoms with Gasteiger partial charge in [-0.1, -0.05) is 35.9 Å². The summed E-state index contributed by atoms with van der Waals surface area (Å²) < 4.78 is 49.5. The highest BCUT2D eigenvalue weighted by Crippen LogP contribution is 2.30. The summed E-state index contributed by atoms with van der Waals surface area (Å²) in [5.41, 5.74) is 0.841. The van der Waals surface area contributed by atoms with Gasteiger partial charge in [-0.05, 0) is 42.3 Å². The molecule has 0 unspecified atom stereocenters. The standard InChI is InChI=1S/C26H30ClF3N2O4/c1-2-35-25(34)12-11-24(33)32-15-13-31(14-16-32)17-23(20-5-9-22(27)10-6-20)36-18-19-3-7-21(8-4-19)26(28,29)30/h3-10,23H,2,11-18H2,1H3/t23-/m1/s1. The fourth-order valence-corrected chi connectivity index (χ4v) is 4.06. The summed E-state index contributed by atoms with van der Waals surface area (Å²) in [7, 11) is 0. The SMILES string of the molecule is CCOC(=O)CCC(=O)N1CCN(C[C@@H](OCc2ccc(C(F)(F)F)cc2)c2ccc(Cl)cc2)CC1. The van der Waals surface area contributed by atoms with Crippen molar-refractivity contribution in [1.82, 2.24) is 9.80 Å². The lowest BCUT2D eigenvalue weighted by Crippen LogP contribution is -2.49. The maximum Gasteiger partial charge on any atom is 0.416 e. The molecule has 1 heterocycles. The third-order valence-corrected chi connectivity index (χ3v) is 6.22. The summed E-state index contributed by atoms with van der Waals surface area (Å²) in [5, 5.41) is 0.593. The lowest BCUT2D eigenvalue weighted by molar-refractivity contribution is -0.146. The van der Waals surface area contributed by atoms with Crippen LogP contribution in [-0.4, -0.2) is 61.0 Å². The number of rotatable bonds is 10. The zero-order valence-electron chi connectivity index (χ0n) is 20.1.